The van der Waals surface area contributed by atoms with Gasteiger partial charge in [-0.2, -0.15) is 0 Å². The molecule has 0 saturated carbocycles. The van der Waals surface area contributed by atoms with Gasteiger partial charge in [-0.3, -0.25) is 0 Å². The molecule has 3 nitrogen and oxygen atoms in total. The number of halogens is 1. The highest BCUT2D eigenvalue weighted by molar-refractivity contribution is 6.30. The molecule has 0 aliphatic carbocycles. The van der Waals surface area contributed by atoms with Crippen molar-refractivity contribution in [3.63, 3.8) is 0 Å². The van der Waals surface area contributed by atoms with E-state index in [4.69, 9.17) is 26.8 Å². The summed E-state index contributed by atoms with van der Waals surface area (Å²) in [5.74, 6) is 1.66. The average Bonchev–Trinajstić information content (AvgIpc) is 2.49. The molecule has 0 aliphatic rings. The van der Waals surface area contributed by atoms with Gasteiger partial charge in [-0.05, 0) is 37.3 Å². The average molecular weight is 306 g/mol. The van der Waals surface area contributed by atoms with Gasteiger partial charge >= 0.3 is 0 Å². The van der Waals surface area contributed by atoms with Crippen molar-refractivity contribution in [3.05, 3.63) is 59.1 Å². The van der Waals surface area contributed by atoms with E-state index >= 15 is 0 Å². The van der Waals surface area contributed by atoms with Crippen LogP contribution in [0.5, 0.6) is 11.5 Å². The molecule has 0 saturated heterocycles. The van der Waals surface area contributed by atoms with Crippen molar-refractivity contribution in [1.29, 1.82) is 0 Å². The molecule has 2 aromatic rings. The maximum Gasteiger partial charge on any atom is 0.124 e. The normalized spacial score (nSPS) is 12.0. The Morgan fingerprint density at radius 1 is 1.05 bits per heavy atom. The summed E-state index contributed by atoms with van der Waals surface area (Å²) in [5.41, 5.74) is 6.85. The third kappa shape index (κ3) is 4.96. The first-order chi connectivity index (χ1) is 10.2. The highest BCUT2D eigenvalue weighted by atomic mass is 35.5. The lowest BCUT2D eigenvalue weighted by molar-refractivity contribution is 0.245. The summed E-state index contributed by atoms with van der Waals surface area (Å²) in [6.45, 7) is 3.11. The van der Waals surface area contributed by atoms with Gasteiger partial charge in [0.2, 0.25) is 0 Å². The van der Waals surface area contributed by atoms with E-state index in [-0.39, 0.29) is 6.04 Å². The van der Waals surface area contributed by atoms with Gasteiger partial charge in [0.1, 0.15) is 11.5 Å². The second-order valence-electron chi connectivity index (χ2n) is 4.83. The number of hydrogen-bond acceptors (Lipinski definition) is 3. The fourth-order valence-electron chi connectivity index (χ4n) is 1.95. The van der Waals surface area contributed by atoms with Gasteiger partial charge in [-0.1, -0.05) is 29.8 Å². The van der Waals surface area contributed by atoms with Gasteiger partial charge in [-0.25, -0.2) is 0 Å². The predicted octanol–water partition coefficient (Wildman–Crippen LogP) is 4.21. The molecule has 21 heavy (non-hydrogen) atoms. The molecule has 0 aromatic heterocycles. The van der Waals surface area contributed by atoms with Crippen molar-refractivity contribution >= 4 is 11.6 Å². The third-order valence-corrected chi connectivity index (χ3v) is 3.26. The van der Waals surface area contributed by atoms with E-state index in [2.05, 4.69) is 0 Å². The Balaban J connectivity index is 1.78. The van der Waals surface area contributed by atoms with Crippen LogP contribution >= 0.6 is 11.6 Å². The molecule has 4 heteroatoms. The van der Waals surface area contributed by atoms with Crippen LogP contribution in [0.4, 0.5) is 0 Å². The molecule has 2 aromatic carbocycles. The fourth-order valence-corrected chi connectivity index (χ4v) is 2.13. The van der Waals surface area contributed by atoms with Gasteiger partial charge in [-0.15, -0.1) is 0 Å². The Hall–Kier alpha value is -1.71. The first kappa shape index (κ1) is 15.7. The van der Waals surface area contributed by atoms with E-state index in [0.29, 0.717) is 18.2 Å². The van der Waals surface area contributed by atoms with Gasteiger partial charge in [0.15, 0.2) is 0 Å². The van der Waals surface area contributed by atoms with Crippen molar-refractivity contribution in [3.8, 4) is 11.5 Å². The molecule has 0 aliphatic heterocycles. The molecule has 0 bridgehead atoms. The summed E-state index contributed by atoms with van der Waals surface area (Å²) in [6.07, 6.45) is 0.802. The standard InChI is InChI=1S/C17H20ClNO2/c1-13(19)16-12-14(18)8-9-17(16)21-11-5-10-20-15-6-3-2-4-7-15/h2-4,6-9,12-13H,5,10-11,19H2,1H3. The number of para-hydroxylation sites is 1. The third-order valence-electron chi connectivity index (χ3n) is 3.02. The summed E-state index contributed by atoms with van der Waals surface area (Å²) >= 11 is 5.98. The van der Waals surface area contributed by atoms with Crippen molar-refractivity contribution in [1.82, 2.24) is 0 Å². The monoisotopic (exact) mass is 305 g/mol. The lowest BCUT2D eigenvalue weighted by atomic mass is 10.1. The highest BCUT2D eigenvalue weighted by Gasteiger charge is 2.08. The van der Waals surface area contributed by atoms with Crippen LogP contribution in [-0.2, 0) is 0 Å². The molecule has 2 rings (SSSR count). The maximum atomic E-state index is 5.98. The van der Waals surface area contributed by atoms with E-state index in [1.54, 1.807) is 0 Å². The van der Waals surface area contributed by atoms with Crippen molar-refractivity contribution < 1.29 is 9.47 Å². The molecule has 2 N–H and O–H groups in total. The molecule has 0 fully saturated rings. The fraction of sp³-hybridized carbons (Fsp3) is 0.294. The van der Waals surface area contributed by atoms with Gasteiger partial charge < -0.3 is 15.2 Å². The van der Waals surface area contributed by atoms with Crippen LogP contribution in [-0.4, -0.2) is 13.2 Å². The summed E-state index contributed by atoms with van der Waals surface area (Å²) in [5, 5.41) is 0.669. The summed E-state index contributed by atoms with van der Waals surface area (Å²) in [6, 6.07) is 15.2. The quantitative estimate of drug-likeness (QED) is 0.779. The zero-order chi connectivity index (χ0) is 15.1. The van der Waals surface area contributed by atoms with Crippen LogP contribution in [0.25, 0.3) is 0 Å². The van der Waals surface area contributed by atoms with Crippen LogP contribution in [0.1, 0.15) is 24.9 Å². The second-order valence-corrected chi connectivity index (χ2v) is 5.27. The molecular weight excluding hydrogens is 286 g/mol. The number of hydrogen-bond donors (Lipinski definition) is 1. The molecule has 0 spiro atoms. The number of benzene rings is 2. The minimum atomic E-state index is -0.112. The first-order valence-electron chi connectivity index (χ1n) is 7.02. The Kier molecular flexibility index (Phi) is 5.90. The van der Waals surface area contributed by atoms with Gasteiger partial charge in [0.25, 0.3) is 0 Å². The SMILES string of the molecule is CC(N)c1cc(Cl)ccc1OCCCOc1ccccc1. The van der Waals surface area contributed by atoms with E-state index in [1.165, 1.54) is 0 Å². The van der Waals surface area contributed by atoms with Crippen molar-refractivity contribution in [2.75, 3.05) is 13.2 Å². The summed E-state index contributed by atoms with van der Waals surface area (Å²) < 4.78 is 11.4. The van der Waals surface area contributed by atoms with Crippen LogP contribution in [0.2, 0.25) is 5.02 Å². The van der Waals surface area contributed by atoms with E-state index in [1.807, 2.05) is 55.5 Å². The smallest absolute Gasteiger partial charge is 0.124 e. The largest absolute Gasteiger partial charge is 0.493 e. The minimum absolute atomic E-state index is 0.112. The predicted molar refractivity (Wildman–Crippen MR) is 86.1 cm³/mol. The second kappa shape index (κ2) is 7.91. The van der Waals surface area contributed by atoms with Crippen molar-refractivity contribution in [2.45, 2.75) is 19.4 Å². The molecule has 0 radical (unpaired) electrons. The molecule has 1 unspecified atom stereocenters. The van der Waals surface area contributed by atoms with Crippen LogP contribution < -0.4 is 15.2 Å². The summed E-state index contributed by atoms with van der Waals surface area (Å²) in [4.78, 5) is 0. The van der Waals surface area contributed by atoms with E-state index < -0.39 is 0 Å². The maximum absolute atomic E-state index is 5.98. The molecular formula is C17H20ClNO2. The first-order valence-corrected chi connectivity index (χ1v) is 7.40. The topological polar surface area (TPSA) is 44.5 Å². The van der Waals surface area contributed by atoms with Gasteiger partial charge in [0.05, 0.1) is 13.2 Å². The Morgan fingerprint density at radius 2 is 1.76 bits per heavy atom. The van der Waals surface area contributed by atoms with E-state index in [0.717, 1.165) is 23.5 Å². The minimum Gasteiger partial charge on any atom is -0.493 e. The number of rotatable bonds is 7. The van der Waals surface area contributed by atoms with E-state index in [9.17, 15) is 0 Å². The molecule has 0 heterocycles. The number of ether oxygens (including phenoxy) is 2. The molecule has 1 atom stereocenters. The highest BCUT2D eigenvalue weighted by Crippen LogP contribution is 2.27. The lowest BCUT2D eigenvalue weighted by Gasteiger charge is -2.14. The summed E-state index contributed by atoms with van der Waals surface area (Å²) in [7, 11) is 0. The van der Waals surface area contributed by atoms with Crippen LogP contribution in [0.15, 0.2) is 48.5 Å². The Bertz CT molecular complexity index is 558. The van der Waals surface area contributed by atoms with Crippen LogP contribution in [0, 0.1) is 0 Å². The lowest BCUT2D eigenvalue weighted by Crippen LogP contribution is -2.10. The molecule has 0 amide bonds. The zero-order valence-electron chi connectivity index (χ0n) is 12.1. The van der Waals surface area contributed by atoms with Crippen molar-refractivity contribution in [2.24, 2.45) is 5.73 Å². The van der Waals surface area contributed by atoms with Gasteiger partial charge in [0, 0.05) is 23.0 Å². The Morgan fingerprint density at radius 3 is 2.48 bits per heavy atom. The van der Waals surface area contributed by atoms with Crippen LogP contribution in [0.3, 0.4) is 0 Å². The Labute approximate surface area is 130 Å². The number of nitrogens with two attached hydrogens (primary N) is 1. The zero-order valence-corrected chi connectivity index (χ0v) is 12.8. The molecule has 112 valence electrons.